The van der Waals surface area contributed by atoms with E-state index in [1.54, 1.807) is 18.2 Å². The lowest BCUT2D eigenvalue weighted by molar-refractivity contribution is 0.102. The van der Waals surface area contributed by atoms with E-state index in [-0.39, 0.29) is 5.91 Å². The third-order valence-corrected chi connectivity index (χ3v) is 4.22. The lowest BCUT2D eigenvalue weighted by Gasteiger charge is -2.28. The summed E-state index contributed by atoms with van der Waals surface area (Å²) in [5.74, 6) is -0.259. The van der Waals surface area contributed by atoms with E-state index in [1.165, 1.54) is 0 Å². The van der Waals surface area contributed by atoms with E-state index in [4.69, 9.17) is 27.9 Å². The maximum atomic E-state index is 12.3. The Kier molecular flexibility index (Phi) is 5.06. The number of benzene rings is 2. The Labute approximate surface area is 144 Å². The highest BCUT2D eigenvalue weighted by molar-refractivity contribution is 6.37. The first-order valence-electron chi connectivity index (χ1n) is 7.32. The summed E-state index contributed by atoms with van der Waals surface area (Å²) < 4.78 is 5.35. The molecular formula is C17H16Cl2N2O2. The molecule has 4 nitrogen and oxygen atoms in total. The Hall–Kier alpha value is -1.75. The van der Waals surface area contributed by atoms with Crippen LogP contribution in [0.1, 0.15) is 10.4 Å². The molecule has 1 aliphatic heterocycles. The first kappa shape index (κ1) is 16.1. The molecule has 1 N–H and O–H groups in total. The van der Waals surface area contributed by atoms with Gasteiger partial charge in [0.1, 0.15) is 0 Å². The molecule has 6 heteroatoms. The van der Waals surface area contributed by atoms with Crippen molar-refractivity contribution in [2.75, 3.05) is 36.5 Å². The molecule has 2 aromatic rings. The van der Waals surface area contributed by atoms with Crippen molar-refractivity contribution in [1.29, 1.82) is 0 Å². The molecule has 1 fully saturated rings. The predicted molar refractivity (Wildman–Crippen MR) is 93.9 cm³/mol. The zero-order valence-electron chi connectivity index (χ0n) is 12.4. The van der Waals surface area contributed by atoms with Crippen molar-refractivity contribution >= 4 is 40.5 Å². The Morgan fingerprint density at radius 3 is 2.39 bits per heavy atom. The minimum Gasteiger partial charge on any atom is -0.378 e. The first-order chi connectivity index (χ1) is 11.1. The second-order valence-electron chi connectivity index (χ2n) is 5.22. The van der Waals surface area contributed by atoms with Crippen molar-refractivity contribution in [3.05, 3.63) is 58.1 Å². The minimum absolute atomic E-state index is 0.259. The van der Waals surface area contributed by atoms with Crippen LogP contribution in [0.4, 0.5) is 11.4 Å². The van der Waals surface area contributed by atoms with E-state index in [1.807, 2.05) is 24.3 Å². The molecule has 0 radical (unpaired) electrons. The number of hydrogen-bond donors (Lipinski definition) is 1. The molecular weight excluding hydrogens is 335 g/mol. The standard InChI is InChI=1S/C17H16Cl2N2O2/c18-12-1-6-15(16(19)11-12)17(22)20-13-2-4-14(5-3-13)21-7-9-23-10-8-21/h1-6,11H,7-10H2,(H,20,22). The summed E-state index contributed by atoms with van der Waals surface area (Å²) in [6.07, 6.45) is 0. The molecule has 0 spiro atoms. The quantitative estimate of drug-likeness (QED) is 0.906. The Bertz CT molecular complexity index is 698. The molecule has 0 aromatic heterocycles. The monoisotopic (exact) mass is 350 g/mol. The number of halogens is 2. The van der Waals surface area contributed by atoms with Gasteiger partial charge in [-0.05, 0) is 42.5 Å². The van der Waals surface area contributed by atoms with Crippen LogP contribution in [-0.4, -0.2) is 32.2 Å². The minimum atomic E-state index is -0.259. The van der Waals surface area contributed by atoms with Crippen molar-refractivity contribution in [2.45, 2.75) is 0 Å². The van der Waals surface area contributed by atoms with Gasteiger partial charge in [0.05, 0.1) is 23.8 Å². The van der Waals surface area contributed by atoms with Crippen molar-refractivity contribution < 1.29 is 9.53 Å². The number of hydrogen-bond acceptors (Lipinski definition) is 3. The van der Waals surface area contributed by atoms with Crippen molar-refractivity contribution in [1.82, 2.24) is 0 Å². The van der Waals surface area contributed by atoms with Crippen LogP contribution >= 0.6 is 23.2 Å². The maximum Gasteiger partial charge on any atom is 0.257 e. The average Bonchev–Trinajstić information content (AvgIpc) is 2.56. The molecule has 1 aliphatic rings. The third kappa shape index (κ3) is 3.96. The summed E-state index contributed by atoms with van der Waals surface area (Å²) in [6.45, 7) is 3.25. The van der Waals surface area contributed by atoms with Crippen molar-refractivity contribution in [2.24, 2.45) is 0 Å². The summed E-state index contributed by atoms with van der Waals surface area (Å²) >= 11 is 11.9. The van der Waals surface area contributed by atoms with Crippen LogP contribution in [0.2, 0.25) is 10.0 Å². The van der Waals surface area contributed by atoms with Crippen LogP contribution in [0.15, 0.2) is 42.5 Å². The highest BCUT2D eigenvalue weighted by atomic mass is 35.5. The number of carbonyl (C=O) groups is 1. The molecule has 0 unspecified atom stereocenters. The van der Waals surface area contributed by atoms with Crippen LogP contribution in [0.3, 0.4) is 0 Å². The van der Waals surface area contributed by atoms with Gasteiger partial charge in [-0.2, -0.15) is 0 Å². The van der Waals surface area contributed by atoms with E-state index >= 15 is 0 Å². The van der Waals surface area contributed by atoms with Crippen molar-refractivity contribution in [3.8, 4) is 0 Å². The number of nitrogens with one attached hydrogen (secondary N) is 1. The Morgan fingerprint density at radius 2 is 1.74 bits per heavy atom. The van der Waals surface area contributed by atoms with Crippen molar-refractivity contribution in [3.63, 3.8) is 0 Å². The summed E-state index contributed by atoms with van der Waals surface area (Å²) in [4.78, 5) is 14.5. The third-order valence-electron chi connectivity index (χ3n) is 3.68. The molecule has 1 amide bonds. The lowest BCUT2D eigenvalue weighted by atomic mass is 10.2. The molecule has 0 atom stereocenters. The van der Waals surface area contributed by atoms with Gasteiger partial charge in [0.25, 0.3) is 5.91 Å². The maximum absolute atomic E-state index is 12.3. The van der Waals surface area contributed by atoms with E-state index in [0.717, 1.165) is 37.7 Å². The molecule has 1 saturated heterocycles. The highest BCUT2D eigenvalue weighted by Gasteiger charge is 2.13. The number of amides is 1. The summed E-state index contributed by atoms with van der Waals surface area (Å²) in [5, 5.41) is 3.67. The zero-order valence-corrected chi connectivity index (χ0v) is 13.9. The molecule has 0 saturated carbocycles. The summed E-state index contributed by atoms with van der Waals surface area (Å²) in [5.41, 5.74) is 2.24. The molecule has 1 heterocycles. The first-order valence-corrected chi connectivity index (χ1v) is 8.08. The second-order valence-corrected chi connectivity index (χ2v) is 6.07. The number of anilines is 2. The topological polar surface area (TPSA) is 41.6 Å². The second kappa shape index (κ2) is 7.21. The Morgan fingerprint density at radius 1 is 1.04 bits per heavy atom. The van der Waals surface area contributed by atoms with Gasteiger partial charge < -0.3 is 15.0 Å². The summed E-state index contributed by atoms with van der Waals surface area (Å²) in [6, 6.07) is 12.6. The number of morpholine rings is 1. The van der Waals surface area contributed by atoms with Gasteiger partial charge >= 0.3 is 0 Å². The van der Waals surface area contributed by atoms with Crippen LogP contribution in [0, 0.1) is 0 Å². The van der Waals surface area contributed by atoms with Crippen LogP contribution in [-0.2, 0) is 4.74 Å². The molecule has 3 rings (SSSR count). The smallest absolute Gasteiger partial charge is 0.257 e. The van der Waals surface area contributed by atoms with Gasteiger partial charge in [0.15, 0.2) is 0 Å². The number of carbonyl (C=O) groups excluding carboxylic acids is 1. The number of nitrogens with zero attached hydrogens (tertiary/aromatic N) is 1. The van der Waals surface area contributed by atoms with Gasteiger partial charge in [-0.1, -0.05) is 23.2 Å². The predicted octanol–water partition coefficient (Wildman–Crippen LogP) is 4.08. The Balaban J connectivity index is 1.69. The van der Waals surface area contributed by atoms with Gasteiger partial charge in [-0.3, -0.25) is 4.79 Å². The van der Waals surface area contributed by atoms with E-state index in [0.29, 0.717) is 15.6 Å². The lowest BCUT2D eigenvalue weighted by Crippen LogP contribution is -2.36. The molecule has 2 aromatic carbocycles. The largest absolute Gasteiger partial charge is 0.378 e. The number of ether oxygens (including phenoxy) is 1. The fourth-order valence-electron chi connectivity index (χ4n) is 2.45. The fourth-order valence-corrected chi connectivity index (χ4v) is 2.94. The van der Waals surface area contributed by atoms with Gasteiger partial charge in [0.2, 0.25) is 0 Å². The normalized spacial score (nSPS) is 14.6. The van der Waals surface area contributed by atoms with Crippen LogP contribution in [0.25, 0.3) is 0 Å². The summed E-state index contributed by atoms with van der Waals surface area (Å²) in [7, 11) is 0. The van der Waals surface area contributed by atoms with Crippen LogP contribution < -0.4 is 10.2 Å². The number of rotatable bonds is 3. The molecule has 0 aliphatic carbocycles. The average molecular weight is 351 g/mol. The van der Waals surface area contributed by atoms with Gasteiger partial charge in [-0.25, -0.2) is 0 Å². The fraction of sp³-hybridized carbons (Fsp3) is 0.235. The van der Waals surface area contributed by atoms with E-state index in [2.05, 4.69) is 10.2 Å². The van der Waals surface area contributed by atoms with Crippen LogP contribution in [0.5, 0.6) is 0 Å². The SMILES string of the molecule is O=C(Nc1ccc(N2CCOCC2)cc1)c1ccc(Cl)cc1Cl. The van der Waals surface area contributed by atoms with Gasteiger partial charge in [0, 0.05) is 29.5 Å². The van der Waals surface area contributed by atoms with Gasteiger partial charge in [-0.15, -0.1) is 0 Å². The highest BCUT2D eigenvalue weighted by Crippen LogP contribution is 2.23. The molecule has 23 heavy (non-hydrogen) atoms. The zero-order chi connectivity index (χ0) is 16.2. The van der Waals surface area contributed by atoms with E-state index in [9.17, 15) is 4.79 Å². The molecule has 120 valence electrons. The van der Waals surface area contributed by atoms with E-state index < -0.39 is 0 Å². The molecule has 0 bridgehead atoms.